The van der Waals surface area contributed by atoms with Gasteiger partial charge in [-0.25, -0.2) is 0 Å². The molecular weight excluding hydrogens is 402 g/mol. The molecule has 0 spiro atoms. The lowest BCUT2D eigenvalue weighted by Crippen LogP contribution is -2.42. The molecular formula is C22H33N3O6. The van der Waals surface area contributed by atoms with Gasteiger partial charge in [-0.3, -0.25) is 24.5 Å². The highest BCUT2D eigenvalue weighted by Gasteiger charge is 2.31. The normalized spacial score (nSPS) is 11.5. The van der Waals surface area contributed by atoms with E-state index in [1.54, 1.807) is 4.90 Å². The molecule has 1 aromatic carbocycles. The fourth-order valence-corrected chi connectivity index (χ4v) is 3.19. The second-order valence-electron chi connectivity index (χ2n) is 7.52. The molecule has 0 aliphatic carbocycles. The van der Waals surface area contributed by atoms with Gasteiger partial charge in [0.1, 0.15) is 5.92 Å². The Bertz CT molecular complexity index is 725. The third-order valence-electron chi connectivity index (χ3n) is 4.98. The van der Waals surface area contributed by atoms with Crippen molar-refractivity contribution < 1.29 is 24.4 Å². The Balaban J connectivity index is 2.97. The Hall–Kier alpha value is -2.97. The van der Waals surface area contributed by atoms with Gasteiger partial charge >= 0.3 is 5.97 Å². The lowest BCUT2D eigenvalue weighted by atomic mass is 9.99. The first-order valence-electron chi connectivity index (χ1n) is 10.9. The minimum absolute atomic E-state index is 0.106. The van der Waals surface area contributed by atoms with Crippen molar-refractivity contribution >= 4 is 29.2 Å². The molecule has 172 valence electrons. The lowest BCUT2D eigenvalue weighted by Gasteiger charge is -2.27. The monoisotopic (exact) mass is 435 g/mol. The van der Waals surface area contributed by atoms with E-state index in [-0.39, 0.29) is 24.4 Å². The summed E-state index contributed by atoms with van der Waals surface area (Å²) in [6.07, 6.45) is 5.17. The largest absolute Gasteiger partial charge is 0.481 e. The van der Waals surface area contributed by atoms with Crippen molar-refractivity contribution in [3.63, 3.8) is 0 Å². The van der Waals surface area contributed by atoms with Crippen LogP contribution in [-0.2, 0) is 14.4 Å². The van der Waals surface area contributed by atoms with Gasteiger partial charge in [-0.15, -0.1) is 0 Å². The van der Waals surface area contributed by atoms with Crippen molar-refractivity contribution in [2.45, 2.75) is 65.2 Å². The molecule has 0 aliphatic heterocycles. The van der Waals surface area contributed by atoms with E-state index in [4.69, 9.17) is 5.11 Å². The molecule has 2 amide bonds. The minimum atomic E-state index is -1.13. The first kappa shape index (κ1) is 26.1. The molecule has 0 saturated heterocycles. The van der Waals surface area contributed by atoms with Gasteiger partial charge in [0.05, 0.1) is 4.92 Å². The smallest absolute Gasteiger partial charge is 0.303 e. The van der Waals surface area contributed by atoms with E-state index in [1.807, 2.05) is 0 Å². The minimum Gasteiger partial charge on any atom is -0.481 e. The summed E-state index contributed by atoms with van der Waals surface area (Å²) in [6, 6.07) is 5.28. The highest BCUT2D eigenvalue weighted by atomic mass is 16.6. The Morgan fingerprint density at radius 3 is 2.03 bits per heavy atom. The Morgan fingerprint density at radius 2 is 1.58 bits per heavy atom. The zero-order valence-corrected chi connectivity index (χ0v) is 18.3. The molecule has 9 nitrogen and oxygen atoms in total. The second kappa shape index (κ2) is 14.1. The van der Waals surface area contributed by atoms with Gasteiger partial charge in [-0.05, 0) is 31.4 Å². The number of anilines is 1. The number of carbonyl (C=O) groups excluding carboxylic acids is 2. The zero-order valence-electron chi connectivity index (χ0n) is 18.3. The summed E-state index contributed by atoms with van der Waals surface area (Å²) in [6.45, 7) is 5.20. The lowest BCUT2D eigenvalue weighted by molar-refractivity contribution is -0.384. The summed E-state index contributed by atoms with van der Waals surface area (Å²) in [4.78, 5) is 49.1. The van der Waals surface area contributed by atoms with Gasteiger partial charge in [-0.2, -0.15) is 0 Å². The number of nitrogens with one attached hydrogen (secondary N) is 1. The Morgan fingerprint density at radius 1 is 1.03 bits per heavy atom. The molecule has 0 bridgehead atoms. The Labute approximate surface area is 183 Å². The number of nitro benzene ring substituents is 1. The number of carboxylic acids is 1. The molecule has 1 atom stereocenters. The van der Waals surface area contributed by atoms with Crippen molar-refractivity contribution in [1.29, 1.82) is 0 Å². The quantitative estimate of drug-likeness (QED) is 0.184. The first-order chi connectivity index (χ1) is 14.8. The van der Waals surface area contributed by atoms with E-state index in [0.717, 1.165) is 38.5 Å². The summed E-state index contributed by atoms with van der Waals surface area (Å²) in [5, 5.41) is 22.4. The fraction of sp³-hybridized carbons (Fsp3) is 0.591. The van der Waals surface area contributed by atoms with Crippen molar-refractivity contribution in [3.05, 3.63) is 34.4 Å². The van der Waals surface area contributed by atoms with Gasteiger partial charge in [0.15, 0.2) is 0 Å². The third-order valence-corrected chi connectivity index (χ3v) is 4.98. The molecule has 0 fully saturated rings. The molecule has 0 saturated carbocycles. The molecule has 2 N–H and O–H groups in total. The fourth-order valence-electron chi connectivity index (χ4n) is 3.19. The number of amides is 2. The van der Waals surface area contributed by atoms with E-state index in [0.29, 0.717) is 18.8 Å². The van der Waals surface area contributed by atoms with E-state index < -0.39 is 22.7 Å². The van der Waals surface area contributed by atoms with Crippen LogP contribution in [0.5, 0.6) is 0 Å². The number of nitrogens with zero attached hydrogens (tertiary/aromatic N) is 2. The molecule has 0 radical (unpaired) electrons. The second-order valence-corrected chi connectivity index (χ2v) is 7.52. The third kappa shape index (κ3) is 9.59. The molecule has 1 rings (SSSR count). The van der Waals surface area contributed by atoms with Crippen molar-refractivity contribution in [3.8, 4) is 0 Å². The van der Waals surface area contributed by atoms with E-state index >= 15 is 0 Å². The van der Waals surface area contributed by atoms with Crippen LogP contribution in [0.15, 0.2) is 24.3 Å². The summed E-state index contributed by atoms with van der Waals surface area (Å²) in [7, 11) is 0. The number of hydrogen-bond acceptors (Lipinski definition) is 5. The number of aliphatic carboxylic acids is 1. The summed E-state index contributed by atoms with van der Waals surface area (Å²) in [5.74, 6) is -3.18. The molecule has 0 heterocycles. The predicted octanol–water partition coefficient (Wildman–Crippen LogP) is 4.22. The highest BCUT2D eigenvalue weighted by Crippen LogP contribution is 2.19. The number of non-ortho nitro benzene ring substituents is 1. The van der Waals surface area contributed by atoms with Crippen LogP contribution < -0.4 is 5.32 Å². The van der Waals surface area contributed by atoms with Gasteiger partial charge in [0.25, 0.3) is 5.69 Å². The van der Waals surface area contributed by atoms with Crippen LogP contribution in [0.1, 0.15) is 65.2 Å². The summed E-state index contributed by atoms with van der Waals surface area (Å²) < 4.78 is 0. The molecule has 9 heteroatoms. The highest BCUT2D eigenvalue weighted by molar-refractivity contribution is 6.06. The number of hydrogen-bond donors (Lipinski definition) is 2. The van der Waals surface area contributed by atoms with Crippen molar-refractivity contribution in [1.82, 2.24) is 4.90 Å². The maximum atomic E-state index is 13.2. The molecule has 1 aromatic rings. The van der Waals surface area contributed by atoms with Gasteiger partial charge in [-0.1, -0.05) is 39.5 Å². The molecule has 1 unspecified atom stereocenters. The van der Waals surface area contributed by atoms with E-state index in [1.165, 1.54) is 24.3 Å². The summed E-state index contributed by atoms with van der Waals surface area (Å²) in [5.41, 5.74) is 0.196. The SMILES string of the molecule is CCCCCN(CCCCC)C(=O)C(CCC(=O)O)C(=O)Nc1ccc([N+](=O)[O-])cc1. The molecule has 31 heavy (non-hydrogen) atoms. The van der Waals surface area contributed by atoms with E-state index in [9.17, 15) is 24.5 Å². The van der Waals surface area contributed by atoms with E-state index in [2.05, 4.69) is 19.2 Å². The van der Waals surface area contributed by atoms with Crippen molar-refractivity contribution in [2.75, 3.05) is 18.4 Å². The number of carboxylic acid groups (broad SMARTS) is 1. The number of rotatable bonds is 15. The number of nitro groups is 1. The molecule has 0 aromatic heterocycles. The average Bonchev–Trinajstić information content (AvgIpc) is 2.73. The first-order valence-corrected chi connectivity index (χ1v) is 10.9. The van der Waals surface area contributed by atoms with Crippen LogP contribution in [0.4, 0.5) is 11.4 Å². The average molecular weight is 436 g/mol. The van der Waals surface area contributed by atoms with Gasteiger partial charge in [0.2, 0.25) is 11.8 Å². The summed E-state index contributed by atoms with van der Waals surface area (Å²) >= 11 is 0. The number of benzene rings is 1. The van der Waals surface area contributed by atoms with Crippen LogP contribution in [0.2, 0.25) is 0 Å². The van der Waals surface area contributed by atoms with Crippen LogP contribution in [-0.4, -0.2) is 45.8 Å². The number of carbonyl (C=O) groups is 3. The van der Waals surface area contributed by atoms with Crippen LogP contribution >= 0.6 is 0 Å². The zero-order chi connectivity index (χ0) is 23.2. The van der Waals surface area contributed by atoms with Crippen LogP contribution in [0.25, 0.3) is 0 Å². The van der Waals surface area contributed by atoms with Crippen LogP contribution in [0.3, 0.4) is 0 Å². The standard InChI is InChI=1S/C22H33N3O6/c1-3-5-7-15-24(16-8-6-4-2)22(29)19(13-14-20(26)27)21(28)23-17-9-11-18(12-10-17)25(30)31/h9-12,19H,3-8,13-16H2,1-2H3,(H,23,28)(H,26,27). The van der Waals surface area contributed by atoms with Gasteiger partial charge in [0, 0.05) is 37.3 Å². The number of unbranched alkanes of at least 4 members (excludes halogenated alkanes) is 4. The molecule has 0 aliphatic rings. The maximum absolute atomic E-state index is 13.2. The topological polar surface area (TPSA) is 130 Å². The Kier molecular flexibility index (Phi) is 11.9. The predicted molar refractivity (Wildman–Crippen MR) is 118 cm³/mol. The van der Waals surface area contributed by atoms with Crippen LogP contribution in [0, 0.1) is 16.0 Å². The van der Waals surface area contributed by atoms with Crippen molar-refractivity contribution in [2.24, 2.45) is 5.92 Å². The van der Waals surface area contributed by atoms with Gasteiger partial charge < -0.3 is 15.3 Å². The maximum Gasteiger partial charge on any atom is 0.303 e.